The van der Waals surface area contributed by atoms with E-state index in [1.54, 1.807) is 6.92 Å². The van der Waals surface area contributed by atoms with E-state index in [-0.39, 0.29) is 0 Å². The van der Waals surface area contributed by atoms with Gasteiger partial charge in [0.05, 0.1) is 6.61 Å². The molecule has 354 valence electrons. The molecule has 6 aliphatic heterocycles. The van der Waals surface area contributed by atoms with Crippen molar-refractivity contribution < 1.29 is 119 Å². The fourth-order valence-corrected chi connectivity index (χ4v) is 7.94. The summed E-state index contributed by atoms with van der Waals surface area (Å²) in [6.07, 6.45) is -20.1. The van der Waals surface area contributed by atoms with Crippen LogP contribution in [0.25, 0.3) is 0 Å². The van der Waals surface area contributed by atoms with Crippen LogP contribution in [-0.4, -0.2) is 172 Å². The van der Waals surface area contributed by atoms with Crippen molar-refractivity contribution in [3.05, 3.63) is 0 Å². The highest BCUT2D eigenvalue weighted by molar-refractivity contribution is 5.69. The van der Waals surface area contributed by atoms with Crippen molar-refractivity contribution in [2.75, 3.05) is 19.8 Å². The fourth-order valence-electron chi connectivity index (χ4n) is 7.94. The Morgan fingerprint density at radius 3 is 1.24 bits per heavy atom. The standard InChI is InChI=1S/C38H52O25/c1-14(39)46-11-22-25(49-16(3)41)28(52-19(6)44)32-35(57-22)62-37(9,60-32)48-13-24-27(51-18(5)43)30(31-34(56-24)55-21(8)54-31)59-38(10)61-33-29(53-20(7)45)26(50-17(4)42)23(12-47-15(2)40)58-36(33)63-38/h21-36H,11-13H2,1-10H3/t21?,22?,23?,24?,25-,26+,27+,28+,29-,30?,31+,32-,33+,34+,35+,36-,37?,38?/m0/s1. The van der Waals surface area contributed by atoms with E-state index in [0.717, 1.165) is 48.5 Å². The van der Waals surface area contributed by atoms with Crippen molar-refractivity contribution in [2.24, 2.45) is 0 Å². The number of hydrogen-bond acceptors (Lipinski definition) is 25. The lowest BCUT2D eigenvalue weighted by molar-refractivity contribution is -0.396. The van der Waals surface area contributed by atoms with Crippen LogP contribution in [0.3, 0.4) is 0 Å². The fraction of sp³-hybridized carbons (Fsp3) is 0.816. The summed E-state index contributed by atoms with van der Waals surface area (Å²) >= 11 is 0. The minimum Gasteiger partial charge on any atom is -0.463 e. The highest BCUT2D eigenvalue weighted by Crippen LogP contribution is 2.45. The third-order valence-electron chi connectivity index (χ3n) is 10.1. The Labute approximate surface area is 359 Å². The van der Waals surface area contributed by atoms with Crippen LogP contribution in [0.4, 0.5) is 0 Å². The summed E-state index contributed by atoms with van der Waals surface area (Å²) in [5.74, 6) is -9.30. The van der Waals surface area contributed by atoms with E-state index in [2.05, 4.69) is 0 Å². The molecule has 6 fully saturated rings. The van der Waals surface area contributed by atoms with E-state index < -0.39 is 172 Å². The molecular formula is C38H52O25. The van der Waals surface area contributed by atoms with Gasteiger partial charge in [-0.1, -0.05) is 0 Å². The van der Waals surface area contributed by atoms with Gasteiger partial charge in [-0.25, -0.2) is 0 Å². The summed E-state index contributed by atoms with van der Waals surface area (Å²) in [5.41, 5.74) is 0. The molecule has 6 rings (SSSR count). The second-order valence-electron chi connectivity index (χ2n) is 15.4. The maximum Gasteiger partial charge on any atom is 0.303 e. The Morgan fingerprint density at radius 1 is 0.413 bits per heavy atom. The molecule has 7 unspecified atom stereocenters. The SMILES string of the molecule is CC(=O)OCC1O[C@H]2OC(C)(OC3[C@H](OC(C)=O)C(COC4(C)O[C@H]5OC(COC(C)=O)[C@H](OC(C)=O)[C@@H](OC(C)=O)[C@@H]5O4)O[C@H]4OC(C)O[C@H]34)O[C@@H]2[C@@H](OC(C)=O)[C@@H]1OC(C)=O. The highest BCUT2D eigenvalue weighted by Gasteiger charge is 2.64. The maximum atomic E-state index is 12.7. The predicted molar refractivity (Wildman–Crippen MR) is 192 cm³/mol. The normalized spacial score (nSPS) is 41.5. The summed E-state index contributed by atoms with van der Waals surface area (Å²) in [6, 6.07) is 0. The van der Waals surface area contributed by atoms with E-state index in [9.17, 15) is 33.6 Å². The number of carbonyl (C=O) groups is 7. The molecule has 6 heterocycles. The van der Waals surface area contributed by atoms with Crippen molar-refractivity contribution in [3.8, 4) is 0 Å². The van der Waals surface area contributed by atoms with Gasteiger partial charge in [-0.05, 0) is 6.92 Å². The van der Waals surface area contributed by atoms with E-state index in [1.165, 1.54) is 13.8 Å². The van der Waals surface area contributed by atoms with Crippen molar-refractivity contribution in [1.82, 2.24) is 0 Å². The lowest BCUT2D eigenvalue weighted by Crippen LogP contribution is -2.62. The van der Waals surface area contributed by atoms with Crippen molar-refractivity contribution in [1.29, 1.82) is 0 Å². The van der Waals surface area contributed by atoms with Gasteiger partial charge in [0.15, 0.2) is 67.9 Å². The molecule has 0 N–H and O–H groups in total. The topological polar surface area (TPSA) is 286 Å². The molecule has 0 aliphatic carbocycles. The van der Waals surface area contributed by atoms with Crippen molar-refractivity contribution in [3.63, 3.8) is 0 Å². The molecule has 0 amide bonds. The summed E-state index contributed by atoms with van der Waals surface area (Å²) in [6.45, 7) is 10.9. The van der Waals surface area contributed by atoms with E-state index in [1.807, 2.05) is 0 Å². The summed E-state index contributed by atoms with van der Waals surface area (Å²) < 4.78 is 105. The first-order valence-corrected chi connectivity index (χ1v) is 20.0. The first-order valence-electron chi connectivity index (χ1n) is 20.0. The second-order valence-corrected chi connectivity index (χ2v) is 15.4. The molecule has 25 heteroatoms. The Kier molecular flexibility index (Phi) is 15.0. The van der Waals surface area contributed by atoms with Crippen molar-refractivity contribution in [2.45, 2.75) is 180 Å². The predicted octanol–water partition coefficient (Wildman–Crippen LogP) is -0.713. The molecule has 0 saturated carbocycles. The van der Waals surface area contributed by atoms with Crippen LogP contribution in [0.1, 0.15) is 69.2 Å². The number of hydrogen-bond donors (Lipinski definition) is 0. The zero-order chi connectivity index (χ0) is 46.1. The highest BCUT2D eigenvalue weighted by atomic mass is 17.0. The van der Waals surface area contributed by atoms with Gasteiger partial charge in [0.1, 0.15) is 43.7 Å². The van der Waals surface area contributed by atoms with Gasteiger partial charge in [-0.3, -0.25) is 43.0 Å². The average molecular weight is 909 g/mol. The third kappa shape index (κ3) is 11.6. The van der Waals surface area contributed by atoms with E-state index in [0.29, 0.717) is 0 Å². The number of esters is 7. The van der Waals surface area contributed by atoms with Gasteiger partial charge < -0.3 is 75.8 Å². The average Bonchev–Trinajstić information content (AvgIpc) is 3.82. The second kappa shape index (κ2) is 19.5. The molecular weight excluding hydrogens is 856 g/mol. The van der Waals surface area contributed by atoms with Crippen LogP contribution in [0.15, 0.2) is 0 Å². The largest absolute Gasteiger partial charge is 0.463 e. The lowest BCUT2D eigenvalue weighted by atomic mass is 9.98. The van der Waals surface area contributed by atoms with Gasteiger partial charge >= 0.3 is 41.8 Å². The van der Waals surface area contributed by atoms with Gasteiger partial charge in [-0.15, -0.1) is 0 Å². The van der Waals surface area contributed by atoms with Crippen LogP contribution in [0, 0.1) is 0 Å². The number of ether oxygens (including phenoxy) is 18. The third-order valence-corrected chi connectivity index (χ3v) is 10.1. The summed E-state index contributed by atoms with van der Waals surface area (Å²) in [7, 11) is 0. The van der Waals surface area contributed by atoms with Gasteiger partial charge in [0, 0.05) is 62.3 Å². The lowest BCUT2D eigenvalue weighted by Gasteiger charge is -2.44. The first-order chi connectivity index (χ1) is 29.5. The maximum absolute atomic E-state index is 12.7. The van der Waals surface area contributed by atoms with Crippen molar-refractivity contribution >= 4 is 41.8 Å². The smallest absolute Gasteiger partial charge is 0.303 e. The van der Waals surface area contributed by atoms with E-state index >= 15 is 0 Å². The minimum atomic E-state index is -2.11. The van der Waals surface area contributed by atoms with Crippen LogP contribution in [-0.2, 0) is 119 Å². The van der Waals surface area contributed by atoms with E-state index in [4.69, 9.17) is 85.3 Å². The molecule has 6 saturated heterocycles. The Bertz CT molecular complexity index is 1740. The van der Waals surface area contributed by atoms with Gasteiger partial charge in [-0.2, -0.15) is 0 Å². The molecule has 18 atom stereocenters. The molecule has 0 radical (unpaired) electrons. The van der Waals surface area contributed by atoms with Crippen LogP contribution < -0.4 is 0 Å². The zero-order valence-electron chi connectivity index (χ0n) is 36.1. The number of carbonyl (C=O) groups excluding carboxylic acids is 7. The zero-order valence-corrected chi connectivity index (χ0v) is 36.1. The monoisotopic (exact) mass is 908 g/mol. The Balaban J connectivity index is 1.24. The summed E-state index contributed by atoms with van der Waals surface area (Å²) in [5, 5.41) is 0. The molecule has 6 aliphatic rings. The minimum absolute atomic E-state index is 0.411. The number of fused-ring (bicyclic) bond motifs is 3. The Morgan fingerprint density at radius 2 is 0.794 bits per heavy atom. The van der Waals surface area contributed by atoms with Crippen LogP contribution >= 0.6 is 0 Å². The molecule has 0 bridgehead atoms. The molecule has 0 aromatic heterocycles. The first kappa shape index (κ1) is 48.3. The number of rotatable bonds is 14. The molecule has 25 nitrogen and oxygen atoms in total. The van der Waals surface area contributed by atoms with Crippen LogP contribution in [0.2, 0.25) is 0 Å². The summed E-state index contributed by atoms with van der Waals surface area (Å²) in [4.78, 5) is 85.1. The van der Waals surface area contributed by atoms with Gasteiger partial charge in [0.2, 0.25) is 0 Å². The Hall–Kier alpha value is -4.15. The van der Waals surface area contributed by atoms with Crippen LogP contribution in [0.5, 0.6) is 0 Å². The molecule has 63 heavy (non-hydrogen) atoms. The quantitative estimate of drug-likeness (QED) is 0.154. The molecule has 0 aromatic carbocycles. The van der Waals surface area contributed by atoms with Gasteiger partial charge in [0.25, 0.3) is 11.9 Å². The molecule has 0 spiro atoms. The molecule has 0 aromatic rings.